The van der Waals surface area contributed by atoms with Gasteiger partial charge >= 0.3 is 0 Å². The van der Waals surface area contributed by atoms with Gasteiger partial charge in [0.15, 0.2) is 5.78 Å². The number of Topliss-reactive ketones (excluding diaryl/α,β-unsaturated/α-hetero) is 1. The molecule has 2 rings (SSSR count). The van der Waals surface area contributed by atoms with Crippen molar-refractivity contribution < 1.29 is 9.90 Å². The summed E-state index contributed by atoms with van der Waals surface area (Å²) in [6.07, 6.45) is 0. The highest BCUT2D eigenvalue weighted by atomic mass is 79.9. The molecule has 0 saturated carbocycles. The summed E-state index contributed by atoms with van der Waals surface area (Å²) < 4.78 is 0. The van der Waals surface area contributed by atoms with E-state index in [4.69, 9.17) is 0 Å². The Morgan fingerprint density at radius 1 is 1.00 bits per heavy atom. The molecule has 0 unspecified atom stereocenters. The van der Waals surface area contributed by atoms with E-state index in [1.165, 1.54) is 0 Å². The van der Waals surface area contributed by atoms with Crippen molar-refractivity contribution >= 4 is 37.6 Å². The van der Waals surface area contributed by atoms with E-state index >= 15 is 0 Å². The molecule has 0 saturated heterocycles. The average Bonchev–Trinajstić information content (AvgIpc) is 2.46. The molecule has 19 heavy (non-hydrogen) atoms. The lowest BCUT2D eigenvalue weighted by Gasteiger charge is -2.16. The second-order valence-corrected chi connectivity index (χ2v) is 6.10. The average molecular weight is 384 g/mol. The van der Waals surface area contributed by atoms with E-state index in [9.17, 15) is 9.90 Å². The maximum atomic E-state index is 12.3. The molecule has 4 heteroatoms. The van der Waals surface area contributed by atoms with Gasteiger partial charge in [0.1, 0.15) is 5.75 Å². The number of rotatable bonds is 4. The Balaban J connectivity index is 2.20. The largest absolute Gasteiger partial charge is 0.508 e. The van der Waals surface area contributed by atoms with Gasteiger partial charge in [0.25, 0.3) is 0 Å². The summed E-state index contributed by atoms with van der Waals surface area (Å²) in [7, 11) is 0. The summed E-state index contributed by atoms with van der Waals surface area (Å²) in [6, 6.07) is 16.0. The minimum atomic E-state index is -0.392. The van der Waals surface area contributed by atoms with Crippen LogP contribution in [0.1, 0.15) is 20.7 Å². The van der Waals surface area contributed by atoms with Crippen molar-refractivity contribution in [2.75, 3.05) is 0 Å². The fourth-order valence-electron chi connectivity index (χ4n) is 1.76. The third kappa shape index (κ3) is 3.45. The maximum absolute atomic E-state index is 12.3. The van der Waals surface area contributed by atoms with Crippen LogP contribution in [0.5, 0.6) is 5.75 Å². The topological polar surface area (TPSA) is 37.3 Å². The van der Waals surface area contributed by atoms with Crippen molar-refractivity contribution in [2.45, 2.75) is 9.65 Å². The molecule has 2 aromatic carbocycles. The number of halogens is 2. The smallest absolute Gasteiger partial charge is 0.177 e. The molecule has 0 spiro atoms. The Hall–Kier alpha value is -1.13. The summed E-state index contributed by atoms with van der Waals surface area (Å²) >= 11 is 6.93. The van der Waals surface area contributed by atoms with Crippen molar-refractivity contribution in [1.29, 1.82) is 0 Å². The minimum Gasteiger partial charge on any atom is -0.508 e. The highest BCUT2D eigenvalue weighted by Gasteiger charge is 2.26. The first-order valence-electron chi connectivity index (χ1n) is 5.76. The Bertz CT molecular complexity index is 569. The van der Waals surface area contributed by atoms with Crippen molar-refractivity contribution in [3.63, 3.8) is 0 Å². The lowest BCUT2D eigenvalue weighted by molar-refractivity contribution is 0.0991. The Morgan fingerprint density at radius 3 is 2.32 bits per heavy atom. The van der Waals surface area contributed by atoms with Gasteiger partial charge in [-0.3, -0.25) is 4.79 Å². The molecule has 0 aliphatic carbocycles. The summed E-state index contributed by atoms with van der Waals surface area (Å²) in [5.41, 5.74) is 1.51. The van der Waals surface area contributed by atoms with E-state index in [0.717, 1.165) is 5.56 Å². The van der Waals surface area contributed by atoms with Crippen LogP contribution >= 0.6 is 31.9 Å². The Kier molecular flexibility index (Phi) is 4.77. The van der Waals surface area contributed by atoms with Gasteiger partial charge in [0, 0.05) is 5.56 Å². The number of hydrogen-bond acceptors (Lipinski definition) is 2. The number of benzene rings is 2. The molecule has 0 aromatic heterocycles. The van der Waals surface area contributed by atoms with E-state index in [0.29, 0.717) is 5.56 Å². The zero-order chi connectivity index (χ0) is 13.8. The van der Waals surface area contributed by atoms with Gasteiger partial charge in [0.2, 0.25) is 0 Å². The normalized spacial score (nSPS) is 13.8. The predicted molar refractivity (Wildman–Crippen MR) is 83.3 cm³/mol. The highest BCUT2D eigenvalue weighted by Crippen LogP contribution is 2.34. The summed E-state index contributed by atoms with van der Waals surface area (Å²) in [4.78, 5) is 11.7. The van der Waals surface area contributed by atoms with Gasteiger partial charge in [-0.15, -0.1) is 0 Å². The molecule has 98 valence electrons. The van der Waals surface area contributed by atoms with Crippen molar-refractivity contribution in [3.8, 4) is 5.75 Å². The molecule has 1 N–H and O–H groups in total. The lowest BCUT2D eigenvalue weighted by Crippen LogP contribution is -2.19. The highest BCUT2D eigenvalue weighted by molar-refractivity contribution is 9.12. The van der Waals surface area contributed by atoms with E-state index in [1.807, 2.05) is 24.3 Å². The fraction of sp³-hybridized carbons (Fsp3) is 0.133. The number of hydrogen-bond donors (Lipinski definition) is 1. The van der Waals surface area contributed by atoms with E-state index in [2.05, 4.69) is 31.9 Å². The first-order chi connectivity index (χ1) is 9.09. The molecule has 0 aliphatic heterocycles. The second kappa shape index (κ2) is 6.35. The number of carbonyl (C=O) groups is 1. The van der Waals surface area contributed by atoms with Crippen LogP contribution in [0.25, 0.3) is 0 Å². The van der Waals surface area contributed by atoms with Crippen molar-refractivity contribution in [2.24, 2.45) is 0 Å². The van der Waals surface area contributed by atoms with Gasteiger partial charge in [-0.25, -0.2) is 0 Å². The summed E-state index contributed by atoms with van der Waals surface area (Å²) in [5.74, 6) is 0.194. The molecule has 2 aromatic rings. The molecule has 0 bridgehead atoms. The number of ketones is 1. The third-order valence-corrected chi connectivity index (χ3v) is 5.47. The number of alkyl halides is 2. The van der Waals surface area contributed by atoms with Crippen LogP contribution in [0.2, 0.25) is 0 Å². The molecular weight excluding hydrogens is 372 g/mol. The lowest BCUT2D eigenvalue weighted by atomic mass is 10.0. The second-order valence-electron chi connectivity index (χ2n) is 4.13. The quantitative estimate of drug-likeness (QED) is 0.624. The predicted octanol–water partition coefficient (Wildman–Crippen LogP) is 4.47. The van der Waals surface area contributed by atoms with Crippen molar-refractivity contribution in [3.05, 3.63) is 65.7 Å². The SMILES string of the molecule is O=C(c1ccccc1)[C@H](Br)[C@H](Br)c1cccc(O)c1. The van der Waals surface area contributed by atoms with Crippen molar-refractivity contribution in [1.82, 2.24) is 0 Å². The molecule has 0 heterocycles. The van der Waals surface area contributed by atoms with Crippen LogP contribution in [-0.4, -0.2) is 15.7 Å². The van der Waals surface area contributed by atoms with E-state index in [-0.39, 0.29) is 16.4 Å². The van der Waals surface area contributed by atoms with Crippen LogP contribution in [0.4, 0.5) is 0 Å². The van der Waals surface area contributed by atoms with E-state index < -0.39 is 4.83 Å². The molecule has 0 radical (unpaired) electrons. The van der Waals surface area contributed by atoms with Gasteiger partial charge in [-0.2, -0.15) is 0 Å². The van der Waals surface area contributed by atoms with Crippen LogP contribution in [0.15, 0.2) is 54.6 Å². The number of phenols is 1. The molecular formula is C15H12Br2O2. The van der Waals surface area contributed by atoms with Crippen LogP contribution < -0.4 is 0 Å². The standard InChI is InChI=1S/C15H12Br2O2/c16-13(11-7-4-8-12(18)9-11)14(17)15(19)10-5-2-1-3-6-10/h1-9,13-14,18H/t13-,14-/m1/s1. The van der Waals surface area contributed by atoms with Gasteiger partial charge in [0.05, 0.1) is 9.65 Å². The fourth-order valence-corrected chi connectivity index (χ4v) is 2.85. The van der Waals surface area contributed by atoms with Crippen LogP contribution in [-0.2, 0) is 0 Å². The molecule has 0 aliphatic rings. The third-order valence-electron chi connectivity index (χ3n) is 2.75. The number of carbonyl (C=O) groups excluding carboxylic acids is 1. The van der Waals surface area contributed by atoms with Gasteiger partial charge in [-0.05, 0) is 17.7 Å². The van der Waals surface area contributed by atoms with Crippen LogP contribution in [0.3, 0.4) is 0 Å². The molecule has 2 nitrogen and oxygen atoms in total. The maximum Gasteiger partial charge on any atom is 0.177 e. The molecule has 0 fully saturated rings. The molecule has 2 atom stereocenters. The molecule has 0 amide bonds. The summed E-state index contributed by atoms with van der Waals surface area (Å²) in [6.45, 7) is 0. The number of aromatic hydroxyl groups is 1. The summed E-state index contributed by atoms with van der Waals surface area (Å²) in [5, 5.41) is 9.48. The van der Waals surface area contributed by atoms with Gasteiger partial charge in [-0.1, -0.05) is 74.3 Å². The Morgan fingerprint density at radius 2 is 1.68 bits per heavy atom. The minimum absolute atomic E-state index is 0.00539. The van der Waals surface area contributed by atoms with E-state index in [1.54, 1.807) is 30.3 Å². The first kappa shape index (κ1) is 14.3. The first-order valence-corrected chi connectivity index (χ1v) is 7.59. The zero-order valence-corrected chi connectivity index (χ0v) is 13.1. The monoisotopic (exact) mass is 382 g/mol. The van der Waals surface area contributed by atoms with Crippen LogP contribution in [0, 0.1) is 0 Å². The number of phenolic OH excluding ortho intramolecular Hbond substituents is 1. The van der Waals surface area contributed by atoms with Gasteiger partial charge < -0.3 is 5.11 Å². The Labute approximate surface area is 128 Å². The zero-order valence-electron chi connectivity index (χ0n) is 9.96.